The van der Waals surface area contributed by atoms with E-state index in [9.17, 15) is 14.4 Å². The van der Waals surface area contributed by atoms with Gasteiger partial charge in [-0.05, 0) is 33.6 Å². The Morgan fingerprint density at radius 3 is 2.15 bits per heavy atom. The summed E-state index contributed by atoms with van der Waals surface area (Å²) in [6.07, 6.45) is 2.69. The molecule has 0 aromatic heterocycles. The zero-order chi connectivity index (χ0) is 15.8. The average molecular weight is 286 g/mol. The zero-order valence-electron chi connectivity index (χ0n) is 12.9. The van der Waals surface area contributed by atoms with Gasteiger partial charge in [0, 0.05) is 25.4 Å². The number of carbonyl (C=O) groups is 3. The molecule has 0 spiro atoms. The monoisotopic (exact) mass is 286 g/mol. The van der Waals surface area contributed by atoms with Gasteiger partial charge < -0.3 is 15.3 Å². The second-order valence-electron chi connectivity index (χ2n) is 5.84. The predicted octanol–water partition coefficient (Wildman–Crippen LogP) is 1.39. The molecule has 0 atom stereocenters. The van der Waals surface area contributed by atoms with Crippen molar-refractivity contribution < 1.29 is 19.5 Å². The van der Waals surface area contributed by atoms with E-state index >= 15 is 0 Å². The first-order valence-electron chi connectivity index (χ1n) is 6.91. The van der Waals surface area contributed by atoms with Crippen LogP contribution < -0.4 is 5.32 Å². The maximum Gasteiger partial charge on any atom is 0.323 e. The van der Waals surface area contributed by atoms with E-state index in [2.05, 4.69) is 5.32 Å². The van der Waals surface area contributed by atoms with Crippen molar-refractivity contribution >= 4 is 17.8 Å². The minimum Gasteiger partial charge on any atom is -0.480 e. The third-order valence-corrected chi connectivity index (χ3v) is 2.85. The molecule has 116 valence electrons. The molecule has 0 bridgehead atoms. The quantitative estimate of drug-likeness (QED) is 0.660. The van der Waals surface area contributed by atoms with Crippen molar-refractivity contribution in [2.24, 2.45) is 0 Å². The highest BCUT2D eigenvalue weighted by atomic mass is 16.4. The normalized spacial score (nSPS) is 11.0. The summed E-state index contributed by atoms with van der Waals surface area (Å²) in [4.78, 5) is 34.9. The number of carbonyl (C=O) groups excluding carboxylic acids is 2. The first-order chi connectivity index (χ1) is 9.14. The molecule has 0 aliphatic heterocycles. The third-order valence-electron chi connectivity index (χ3n) is 2.85. The Morgan fingerprint density at radius 2 is 1.70 bits per heavy atom. The molecule has 6 nitrogen and oxygen atoms in total. The second-order valence-corrected chi connectivity index (χ2v) is 5.84. The maximum absolute atomic E-state index is 12.1. The fourth-order valence-corrected chi connectivity index (χ4v) is 1.81. The van der Waals surface area contributed by atoms with Crippen LogP contribution in [-0.4, -0.2) is 46.4 Å². The molecule has 2 N–H and O–H groups in total. The second kappa shape index (κ2) is 8.55. The van der Waals surface area contributed by atoms with E-state index in [4.69, 9.17) is 5.11 Å². The Bertz CT molecular complexity index is 348. The van der Waals surface area contributed by atoms with Crippen LogP contribution in [0.15, 0.2) is 0 Å². The van der Waals surface area contributed by atoms with E-state index in [0.717, 1.165) is 12.8 Å². The lowest BCUT2D eigenvalue weighted by atomic mass is 10.0. The summed E-state index contributed by atoms with van der Waals surface area (Å²) in [6.45, 7) is 7.28. The van der Waals surface area contributed by atoms with Gasteiger partial charge in [-0.1, -0.05) is 6.42 Å². The molecule has 0 radical (unpaired) electrons. The van der Waals surface area contributed by atoms with Gasteiger partial charge in [0.15, 0.2) is 0 Å². The van der Waals surface area contributed by atoms with E-state index in [1.54, 1.807) is 0 Å². The molecule has 0 aliphatic rings. The van der Waals surface area contributed by atoms with Crippen LogP contribution in [0.2, 0.25) is 0 Å². The van der Waals surface area contributed by atoms with Gasteiger partial charge in [-0.15, -0.1) is 0 Å². The van der Waals surface area contributed by atoms with Gasteiger partial charge in [0.25, 0.3) is 0 Å². The summed E-state index contributed by atoms with van der Waals surface area (Å²) in [5.41, 5.74) is -0.494. The molecule has 0 aromatic rings. The largest absolute Gasteiger partial charge is 0.480 e. The Kier molecular flexibility index (Phi) is 7.87. The van der Waals surface area contributed by atoms with Crippen LogP contribution in [0.25, 0.3) is 0 Å². The fourth-order valence-electron chi connectivity index (χ4n) is 1.81. The molecule has 0 aromatic carbocycles. The molecule has 0 aliphatic carbocycles. The van der Waals surface area contributed by atoms with Crippen molar-refractivity contribution in [1.29, 1.82) is 0 Å². The van der Waals surface area contributed by atoms with Gasteiger partial charge in [-0.2, -0.15) is 0 Å². The molecule has 0 saturated heterocycles. The number of rotatable bonds is 8. The molecular weight excluding hydrogens is 260 g/mol. The van der Waals surface area contributed by atoms with E-state index in [1.807, 2.05) is 20.8 Å². The number of aliphatic carboxylic acids is 1. The van der Waals surface area contributed by atoms with E-state index in [-0.39, 0.29) is 18.4 Å². The number of hydrogen-bond donors (Lipinski definition) is 2. The highest BCUT2D eigenvalue weighted by Crippen LogP contribution is 2.15. The fraction of sp³-hybridized carbons (Fsp3) is 0.786. The molecular formula is C14H26N2O4. The number of carboxylic acids is 1. The number of unbranched alkanes of at least 4 members (excludes halogenated alkanes) is 2. The van der Waals surface area contributed by atoms with Crippen LogP contribution in [0, 0.1) is 0 Å². The molecule has 0 rings (SSSR count). The Hall–Kier alpha value is -1.59. The Morgan fingerprint density at radius 1 is 1.10 bits per heavy atom. The molecule has 6 heteroatoms. The third kappa shape index (κ3) is 8.50. The predicted molar refractivity (Wildman–Crippen MR) is 76.3 cm³/mol. The van der Waals surface area contributed by atoms with E-state index in [1.165, 1.54) is 11.8 Å². The Labute approximate surface area is 120 Å². The van der Waals surface area contributed by atoms with Crippen LogP contribution in [-0.2, 0) is 14.4 Å². The smallest absolute Gasteiger partial charge is 0.323 e. The summed E-state index contributed by atoms with van der Waals surface area (Å²) < 4.78 is 0. The van der Waals surface area contributed by atoms with Crippen molar-refractivity contribution in [3.8, 4) is 0 Å². The summed E-state index contributed by atoms with van der Waals surface area (Å²) in [7, 11) is 0. The number of carboxylic acid groups (broad SMARTS) is 1. The molecule has 2 amide bonds. The van der Waals surface area contributed by atoms with Gasteiger partial charge >= 0.3 is 5.97 Å². The molecule has 20 heavy (non-hydrogen) atoms. The molecule has 0 fully saturated rings. The summed E-state index contributed by atoms with van der Waals surface area (Å²) in [5.74, 6) is -1.19. The Balaban J connectivity index is 4.08. The first kappa shape index (κ1) is 18.4. The average Bonchev–Trinajstić information content (AvgIpc) is 2.28. The number of nitrogens with zero attached hydrogens (tertiary/aromatic N) is 1. The highest BCUT2D eigenvalue weighted by molar-refractivity contribution is 5.82. The highest BCUT2D eigenvalue weighted by Gasteiger charge is 2.27. The molecule has 0 unspecified atom stereocenters. The van der Waals surface area contributed by atoms with Crippen molar-refractivity contribution in [1.82, 2.24) is 10.2 Å². The zero-order valence-corrected chi connectivity index (χ0v) is 12.9. The summed E-state index contributed by atoms with van der Waals surface area (Å²) in [6, 6.07) is 0. The first-order valence-corrected chi connectivity index (χ1v) is 6.91. The summed E-state index contributed by atoms with van der Waals surface area (Å²) >= 11 is 0. The van der Waals surface area contributed by atoms with Crippen LogP contribution >= 0.6 is 0 Å². The van der Waals surface area contributed by atoms with Crippen molar-refractivity contribution in [3.63, 3.8) is 0 Å². The summed E-state index contributed by atoms with van der Waals surface area (Å²) in [5, 5.41) is 11.6. The standard InChI is InChI=1S/C14H26N2O4/c1-11(17)15-9-7-5-6-8-12(18)16(10-13(19)20)14(2,3)4/h5-10H2,1-4H3,(H,15,17)(H,19,20). The molecule has 0 saturated carbocycles. The topological polar surface area (TPSA) is 86.7 Å². The van der Waals surface area contributed by atoms with E-state index < -0.39 is 11.5 Å². The van der Waals surface area contributed by atoms with Crippen LogP contribution in [0.1, 0.15) is 53.4 Å². The minimum atomic E-state index is -1.00. The number of hydrogen-bond acceptors (Lipinski definition) is 3. The number of nitrogens with one attached hydrogen (secondary N) is 1. The van der Waals surface area contributed by atoms with Crippen molar-refractivity contribution in [2.45, 2.75) is 58.9 Å². The lowest BCUT2D eigenvalue weighted by Crippen LogP contribution is -2.48. The lowest BCUT2D eigenvalue weighted by Gasteiger charge is -2.34. The SMILES string of the molecule is CC(=O)NCCCCCC(=O)N(CC(=O)O)C(C)(C)C. The minimum absolute atomic E-state index is 0.0542. The van der Waals surface area contributed by atoms with Crippen molar-refractivity contribution in [2.75, 3.05) is 13.1 Å². The molecule has 0 heterocycles. The van der Waals surface area contributed by atoms with Gasteiger partial charge in [-0.3, -0.25) is 14.4 Å². The maximum atomic E-state index is 12.1. The van der Waals surface area contributed by atoms with Crippen LogP contribution in [0.3, 0.4) is 0 Å². The number of amides is 2. The van der Waals surface area contributed by atoms with Gasteiger partial charge in [0.2, 0.25) is 11.8 Å². The lowest BCUT2D eigenvalue weighted by molar-refractivity contribution is -0.148. The van der Waals surface area contributed by atoms with Gasteiger partial charge in [-0.25, -0.2) is 0 Å². The van der Waals surface area contributed by atoms with Crippen LogP contribution in [0.4, 0.5) is 0 Å². The van der Waals surface area contributed by atoms with Crippen molar-refractivity contribution in [3.05, 3.63) is 0 Å². The van der Waals surface area contributed by atoms with E-state index in [0.29, 0.717) is 19.4 Å². The van der Waals surface area contributed by atoms with Gasteiger partial charge in [0.05, 0.1) is 0 Å². The van der Waals surface area contributed by atoms with Gasteiger partial charge in [0.1, 0.15) is 6.54 Å². The van der Waals surface area contributed by atoms with Crippen LogP contribution in [0.5, 0.6) is 0 Å².